The minimum atomic E-state index is -0.194. The lowest BCUT2D eigenvalue weighted by molar-refractivity contribution is -0.117. The lowest BCUT2D eigenvalue weighted by atomic mass is 10.1. The Morgan fingerprint density at radius 1 is 1.33 bits per heavy atom. The monoisotopic (exact) mass is 284 g/mol. The number of rotatable bonds is 4. The second-order valence-electron chi connectivity index (χ2n) is 5.43. The zero-order valence-corrected chi connectivity index (χ0v) is 12.1. The van der Waals surface area contributed by atoms with Gasteiger partial charge in [-0.2, -0.15) is 0 Å². The van der Waals surface area contributed by atoms with Crippen LogP contribution in [0.4, 0.5) is 5.69 Å². The van der Waals surface area contributed by atoms with Gasteiger partial charge in [-0.3, -0.25) is 15.2 Å². The molecule has 0 saturated carbocycles. The van der Waals surface area contributed by atoms with Crippen molar-refractivity contribution in [2.75, 3.05) is 5.32 Å². The van der Waals surface area contributed by atoms with Crippen LogP contribution < -0.4 is 16.2 Å². The van der Waals surface area contributed by atoms with Gasteiger partial charge in [-0.25, -0.2) is 5.43 Å². The number of pyridine rings is 1. The Kier molecular flexibility index (Phi) is 4.13. The van der Waals surface area contributed by atoms with Gasteiger partial charge < -0.3 is 5.32 Å². The van der Waals surface area contributed by atoms with Crippen molar-refractivity contribution in [1.82, 2.24) is 15.8 Å². The number of nitrogens with one attached hydrogen (secondary N) is 3. The smallest absolute Gasteiger partial charge is 0.242 e. The molecule has 0 radical (unpaired) electrons. The second kappa shape index (κ2) is 6.20. The summed E-state index contributed by atoms with van der Waals surface area (Å²) >= 11 is 0. The lowest BCUT2D eigenvalue weighted by Crippen LogP contribution is -2.40. The Morgan fingerprint density at radius 2 is 2.19 bits per heavy atom. The molecular formula is C16H20N4O. The Hall–Kier alpha value is -1.98. The van der Waals surface area contributed by atoms with Crippen LogP contribution in [0, 0.1) is 0 Å². The summed E-state index contributed by atoms with van der Waals surface area (Å²) in [6, 6.07) is 9.87. The van der Waals surface area contributed by atoms with E-state index in [4.69, 9.17) is 0 Å². The van der Waals surface area contributed by atoms with E-state index >= 15 is 0 Å². The highest BCUT2D eigenvalue weighted by Gasteiger charge is 2.28. The molecule has 2 unspecified atom stereocenters. The molecule has 21 heavy (non-hydrogen) atoms. The number of hydrogen-bond donors (Lipinski definition) is 3. The van der Waals surface area contributed by atoms with Gasteiger partial charge in [0.1, 0.15) is 6.04 Å². The maximum absolute atomic E-state index is 12.4. The molecule has 1 fully saturated rings. The highest BCUT2D eigenvalue weighted by atomic mass is 16.2. The summed E-state index contributed by atoms with van der Waals surface area (Å²) in [5.41, 5.74) is 7.85. The van der Waals surface area contributed by atoms with Crippen molar-refractivity contribution in [3.63, 3.8) is 0 Å². The van der Waals surface area contributed by atoms with Gasteiger partial charge in [-0.1, -0.05) is 31.5 Å². The fourth-order valence-corrected chi connectivity index (χ4v) is 2.76. The van der Waals surface area contributed by atoms with E-state index < -0.39 is 0 Å². The Bertz CT molecular complexity index is 638. The lowest BCUT2D eigenvalue weighted by Gasteiger charge is -2.12. The Balaban J connectivity index is 1.72. The average Bonchev–Trinajstić information content (AvgIpc) is 2.97. The zero-order chi connectivity index (χ0) is 14.7. The molecule has 2 aromatic rings. The highest BCUT2D eigenvalue weighted by Crippen LogP contribution is 2.21. The van der Waals surface area contributed by atoms with Crippen LogP contribution in [0.25, 0.3) is 10.9 Å². The van der Waals surface area contributed by atoms with Crippen LogP contribution in [0.1, 0.15) is 26.2 Å². The minimum absolute atomic E-state index is 0.0146. The van der Waals surface area contributed by atoms with Crippen molar-refractivity contribution in [2.24, 2.45) is 0 Å². The van der Waals surface area contributed by atoms with E-state index in [1.807, 2.05) is 30.3 Å². The highest BCUT2D eigenvalue weighted by molar-refractivity contribution is 6.02. The van der Waals surface area contributed by atoms with E-state index in [0.29, 0.717) is 6.04 Å². The van der Waals surface area contributed by atoms with Crippen molar-refractivity contribution in [1.29, 1.82) is 0 Å². The quantitative estimate of drug-likeness (QED) is 0.805. The molecule has 1 saturated heterocycles. The van der Waals surface area contributed by atoms with Crippen molar-refractivity contribution in [3.05, 3.63) is 36.5 Å². The van der Waals surface area contributed by atoms with Gasteiger partial charge in [0, 0.05) is 17.6 Å². The molecule has 1 aromatic carbocycles. The summed E-state index contributed by atoms with van der Waals surface area (Å²) in [5, 5.41) is 4.01. The van der Waals surface area contributed by atoms with Crippen LogP contribution in [-0.2, 0) is 4.79 Å². The largest absolute Gasteiger partial charge is 0.323 e. The maximum atomic E-state index is 12.4. The van der Waals surface area contributed by atoms with Gasteiger partial charge >= 0.3 is 0 Å². The van der Waals surface area contributed by atoms with Gasteiger partial charge in [-0.05, 0) is 25.0 Å². The molecule has 3 rings (SSSR count). The standard InChI is InChI=1S/C16H20N4O/c1-2-5-12-10-14(20-19-12)16(21)18-13-8-3-6-11-7-4-9-17-15(11)13/h3-4,6-9,12,14,19-20H,2,5,10H2,1H3,(H,18,21). The third-order valence-corrected chi connectivity index (χ3v) is 3.83. The molecule has 0 bridgehead atoms. The van der Waals surface area contributed by atoms with Gasteiger partial charge in [0.15, 0.2) is 0 Å². The molecule has 3 N–H and O–H groups in total. The first kappa shape index (κ1) is 14.0. The second-order valence-corrected chi connectivity index (χ2v) is 5.43. The third-order valence-electron chi connectivity index (χ3n) is 3.83. The Labute approximate surface area is 124 Å². The molecule has 1 aromatic heterocycles. The van der Waals surface area contributed by atoms with Crippen LogP contribution in [-0.4, -0.2) is 23.0 Å². The van der Waals surface area contributed by atoms with Crippen molar-refractivity contribution >= 4 is 22.5 Å². The number of aromatic nitrogens is 1. The number of carbonyl (C=O) groups excluding carboxylic acids is 1. The van der Waals surface area contributed by atoms with E-state index in [9.17, 15) is 4.79 Å². The molecule has 2 heterocycles. The molecule has 0 aliphatic carbocycles. The molecule has 1 aliphatic rings. The SMILES string of the molecule is CCCC1CC(C(=O)Nc2cccc3cccnc23)NN1. The van der Waals surface area contributed by atoms with E-state index in [2.05, 4.69) is 28.1 Å². The van der Waals surface area contributed by atoms with E-state index in [-0.39, 0.29) is 11.9 Å². The van der Waals surface area contributed by atoms with Crippen molar-refractivity contribution < 1.29 is 4.79 Å². The number of nitrogens with zero attached hydrogens (tertiary/aromatic N) is 1. The van der Waals surface area contributed by atoms with E-state index in [1.54, 1.807) is 6.20 Å². The topological polar surface area (TPSA) is 66.0 Å². The first-order valence-electron chi connectivity index (χ1n) is 7.43. The Morgan fingerprint density at radius 3 is 3.05 bits per heavy atom. The van der Waals surface area contributed by atoms with Crippen molar-refractivity contribution in [3.8, 4) is 0 Å². The van der Waals surface area contributed by atoms with E-state index in [1.165, 1.54) is 0 Å². The summed E-state index contributed by atoms with van der Waals surface area (Å²) < 4.78 is 0. The molecular weight excluding hydrogens is 264 g/mol. The predicted molar refractivity (Wildman–Crippen MR) is 83.7 cm³/mol. The number of carbonyl (C=O) groups is 1. The number of amides is 1. The first-order valence-corrected chi connectivity index (χ1v) is 7.43. The fourth-order valence-electron chi connectivity index (χ4n) is 2.76. The predicted octanol–water partition coefficient (Wildman–Crippen LogP) is 2.21. The zero-order valence-electron chi connectivity index (χ0n) is 12.1. The molecule has 110 valence electrons. The molecule has 5 nitrogen and oxygen atoms in total. The number of anilines is 1. The summed E-state index contributed by atoms with van der Waals surface area (Å²) in [7, 11) is 0. The number of para-hydroxylation sites is 1. The number of benzene rings is 1. The number of fused-ring (bicyclic) bond motifs is 1. The molecule has 1 amide bonds. The van der Waals surface area contributed by atoms with Crippen molar-refractivity contribution in [2.45, 2.75) is 38.3 Å². The fraction of sp³-hybridized carbons (Fsp3) is 0.375. The number of hydrazine groups is 1. The normalized spacial score (nSPS) is 21.6. The van der Waals surface area contributed by atoms with Crippen LogP contribution in [0.15, 0.2) is 36.5 Å². The minimum Gasteiger partial charge on any atom is -0.323 e. The van der Waals surface area contributed by atoms with E-state index in [0.717, 1.165) is 35.9 Å². The summed E-state index contributed by atoms with van der Waals surface area (Å²) in [6.45, 7) is 2.15. The first-order chi connectivity index (χ1) is 10.3. The maximum Gasteiger partial charge on any atom is 0.242 e. The van der Waals surface area contributed by atoms with Gasteiger partial charge in [0.2, 0.25) is 5.91 Å². The number of hydrogen-bond acceptors (Lipinski definition) is 4. The average molecular weight is 284 g/mol. The van der Waals surface area contributed by atoms with Crippen LogP contribution in [0.5, 0.6) is 0 Å². The third kappa shape index (κ3) is 3.04. The van der Waals surface area contributed by atoms with Crippen LogP contribution in [0.2, 0.25) is 0 Å². The summed E-state index contributed by atoms with van der Waals surface area (Å²) in [4.78, 5) is 16.7. The van der Waals surface area contributed by atoms with Crippen LogP contribution in [0.3, 0.4) is 0 Å². The summed E-state index contributed by atoms with van der Waals surface area (Å²) in [5.74, 6) is -0.0146. The van der Waals surface area contributed by atoms with Crippen LogP contribution >= 0.6 is 0 Å². The molecule has 5 heteroatoms. The van der Waals surface area contributed by atoms with Gasteiger partial charge in [-0.15, -0.1) is 0 Å². The van der Waals surface area contributed by atoms with Gasteiger partial charge in [0.25, 0.3) is 0 Å². The molecule has 0 spiro atoms. The molecule has 1 aliphatic heterocycles. The van der Waals surface area contributed by atoms with Gasteiger partial charge in [0.05, 0.1) is 11.2 Å². The summed E-state index contributed by atoms with van der Waals surface area (Å²) in [6.07, 6.45) is 4.75. The molecule has 2 atom stereocenters.